The van der Waals surface area contributed by atoms with E-state index in [9.17, 15) is 13.2 Å². The molecule has 8 heteroatoms. The van der Waals surface area contributed by atoms with Crippen LogP contribution < -0.4 is 5.32 Å². The van der Waals surface area contributed by atoms with Gasteiger partial charge in [0.05, 0.1) is 18.9 Å². The number of amides is 2. The van der Waals surface area contributed by atoms with E-state index in [-0.39, 0.29) is 24.4 Å². The Bertz CT molecular complexity index is 635. The lowest BCUT2D eigenvalue weighted by atomic mass is 10.1. The number of carbonyl (C=O) groups excluding carboxylic acids is 1. The van der Waals surface area contributed by atoms with E-state index in [1.54, 1.807) is 11.0 Å². The van der Waals surface area contributed by atoms with Crippen LogP contribution in [-0.4, -0.2) is 57.6 Å². The fourth-order valence-corrected chi connectivity index (χ4v) is 2.94. The van der Waals surface area contributed by atoms with Gasteiger partial charge in [-0.2, -0.15) is 0 Å². The van der Waals surface area contributed by atoms with Crippen LogP contribution in [-0.2, 0) is 14.6 Å². The summed E-state index contributed by atoms with van der Waals surface area (Å²) in [5.74, 6) is -0.0724. The summed E-state index contributed by atoms with van der Waals surface area (Å²) in [6.07, 6.45) is 0.865. The van der Waals surface area contributed by atoms with Gasteiger partial charge in [0.25, 0.3) is 0 Å². The number of nitrogens with zero attached hydrogens (tertiary/aromatic N) is 1. The molecule has 6 nitrogen and oxygen atoms in total. The zero-order valence-corrected chi connectivity index (χ0v) is 13.9. The largest absolute Gasteiger partial charge is 0.370 e. The van der Waals surface area contributed by atoms with Crippen molar-refractivity contribution in [2.24, 2.45) is 0 Å². The first-order chi connectivity index (χ1) is 10.4. The molecule has 1 atom stereocenters. The van der Waals surface area contributed by atoms with Gasteiger partial charge in [-0.15, -0.1) is 0 Å². The number of morpholine rings is 1. The summed E-state index contributed by atoms with van der Waals surface area (Å²) in [5.41, 5.74) is 0.845. The Morgan fingerprint density at radius 3 is 2.86 bits per heavy atom. The molecule has 2 amide bonds. The van der Waals surface area contributed by atoms with Crippen LogP contribution in [0.3, 0.4) is 0 Å². The van der Waals surface area contributed by atoms with Crippen LogP contribution in [0.1, 0.15) is 11.7 Å². The average molecular weight is 347 g/mol. The van der Waals surface area contributed by atoms with E-state index < -0.39 is 9.84 Å². The molecule has 1 aromatic rings. The first kappa shape index (κ1) is 17.1. The van der Waals surface area contributed by atoms with Gasteiger partial charge in [0, 0.05) is 29.9 Å². The lowest BCUT2D eigenvalue weighted by Crippen LogP contribution is -2.48. The average Bonchev–Trinajstić information content (AvgIpc) is 2.46. The Balaban J connectivity index is 1.93. The second-order valence-corrected chi connectivity index (χ2v) is 7.86. The molecule has 1 N–H and O–H groups in total. The van der Waals surface area contributed by atoms with Crippen molar-refractivity contribution in [2.45, 2.75) is 6.10 Å². The van der Waals surface area contributed by atoms with Crippen LogP contribution >= 0.6 is 11.6 Å². The molecule has 0 bridgehead atoms. The van der Waals surface area contributed by atoms with Crippen molar-refractivity contribution in [1.29, 1.82) is 0 Å². The van der Waals surface area contributed by atoms with Crippen LogP contribution in [0.15, 0.2) is 24.3 Å². The predicted molar refractivity (Wildman–Crippen MR) is 84.8 cm³/mol. The molecule has 2 rings (SSSR count). The first-order valence-electron chi connectivity index (χ1n) is 6.93. The molecule has 1 saturated heterocycles. The van der Waals surface area contributed by atoms with Gasteiger partial charge in [-0.25, -0.2) is 13.2 Å². The first-order valence-corrected chi connectivity index (χ1v) is 9.37. The molecule has 1 aliphatic heterocycles. The van der Waals surface area contributed by atoms with Crippen molar-refractivity contribution < 1.29 is 17.9 Å². The monoisotopic (exact) mass is 346 g/mol. The third kappa shape index (κ3) is 4.86. The van der Waals surface area contributed by atoms with Crippen LogP contribution in [0.2, 0.25) is 5.02 Å². The molecule has 0 saturated carbocycles. The zero-order chi connectivity index (χ0) is 16.2. The van der Waals surface area contributed by atoms with Gasteiger partial charge in [0.2, 0.25) is 0 Å². The molecule has 1 aliphatic rings. The van der Waals surface area contributed by atoms with E-state index >= 15 is 0 Å². The highest BCUT2D eigenvalue weighted by Gasteiger charge is 2.26. The summed E-state index contributed by atoms with van der Waals surface area (Å²) < 4.78 is 27.8. The number of benzene rings is 1. The molecule has 122 valence electrons. The summed E-state index contributed by atoms with van der Waals surface area (Å²) in [4.78, 5) is 13.7. The lowest BCUT2D eigenvalue weighted by molar-refractivity contribution is -0.0153. The summed E-state index contributed by atoms with van der Waals surface area (Å²) in [6, 6.07) is 7.08. The molecule has 1 heterocycles. The standard InChI is InChI=1S/C14H19ClN2O4S/c1-22(19,20)9-6-16-14(18)17-7-8-21-13(10-17)11-4-2-3-5-12(11)15/h2-5,13H,6-10H2,1H3,(H,16,18). The fraction of sp³-hybridized carbons (Fsp3) is 0.500. The van der Waals surface area contributed by atoms with Crippen molar-refractivity contribution in [3.8, 4) is 0 Å². The molecular formula is C14H19ClN2O4S. The molecule has 0 aromatic heterocycles. The van der Waals surface area contributed by atoms with E-state index in [1.807, 2.05) is 18.2 Å². The van der Waals surface area contributed by atoms with Crippen molar-refractivity contribution >= 4 is 27.5 Å². The second-order valence-electron chi connectivity index (χ2n) is 5.19. The SMILES string of the molecule is CS(=O)(=O)CCNC(=O)N1CCOC(c2ccccc2Cl)C1. The van der Waals surface area contributed by atoms with Gasteiger partial charge in [-0.1, -0.05) is 29.8 Å². The predicted octanol–water partition coefficient (Wildman–Crippen LogP) is 1.47. The van der Waals surface area contributed by atoms with Gasteiger partial charge < -0.3 is 15.0 Å². The smallest absolute Gasteiger partial charge is 0.317 e. The maximum absolute atomic E-state index is 12.1. The molecule has 0 aliphatic carbocycles. The Morgan fingerprint density at radius 1 is 1.45 bits per heavy atom. The van der Waals surface area contributed by atoms with Gasteiger partial charge in [-0.05, 0) is 6.07 Å². The minimum atomic E-state index is -3.09. The van der Waals surface area contributed by atoms with E-state index in [2.05, 4.69) is 5.32 Å². The van der Waals surface area contributed by atoms with Crippen LogP contribution in [0.25, 0.3) is 0 Å². The molecule has 0 spiro atoms. The molecule has 0 radical (unpaired) electrons. The quantitative estimate of drug-likeness (QED) is 0.895. The Morgan fingerprint density at radius 2 is 2.18 bits per heavy atom. The van der Waals surface area contributed by atoms with Crippen molar-refractivity contribution in [3.05, 3.63) is 34.9 Å². The number of hydrogen-bond donors (Lipinski definition) is 1. The highest BCUT2D eigenvalue weighted by molar-refractivity contribution is 7.90. The molecule has 1 unspecified atom stereocenters. The number of urea groups is 1. The van der Waals surface area contributed by atoms with Crippen molar-refractivity contribution in [3.63, 3.8) is 0 Å². The number of sulfone groups is 1. The van der Waals surface area contributed by atoms with E-state index in [0.29, 0.717) is 24.7 Å². The number of ether oxygens (including phenoxy) is 1. The van der Waals surface area contributed by atoms with Crippen LogP contribution in [0.5, 0.6) is 0 Å². The topological polar surface area (TPSA) is 75.7 Å². The number of halogens is 1. The van der Waals surface area contributed by atoms with Gasteiger partial charge in [0.1, 0.15) is 15.9 Å². The number of nitrogens with one attached hydrogen (secondary N) is 1. The van der Waals surface area contributed by atoms with Crippen molar-refractivity contribution in [2.75, 3.05) is 38.2 Å². The maximum atomic E-state index is 12.1. The Kier molecular flexibility index (Phi) is 5.66. The minimum absolute atomic E-state index is 0.0724. The second kappa shape index (κ2) is 7.30. The zero-order valence-electron chi connectivity index (χ0n) is 12.3. The molecular weight excluding hydrogens is 328 g/mol. The van der Waals surface area contributed by atoms with E-state index in [4.69, 9.17) is 16.3 Å². The van der Waals surface area contributed by atoms with Gasteiger partial charge in [-0.3, -0.25) is 0 Å². The fourth-order valence-electron chi connectivity index (χ4n) is 2.21. The summed E-state index contributed by atoms with van der Waals surface area (Å²) >= 11 is 6.15. The maximum Gasteiger partial charge on any atom is 0.317 e. The Hall–Kier alpha value is -1.31. The molecule has 1 fully saturated rings. The van der Waals surface area contributed by atoms with Gasteiger partial charge >= 0.3 is 6.03 Å². The highest BCUT2D eigenvalue weighted by atomic mass is 35.5. The summed E-state index contributed by atoms with van der Waals surface area (Å²) in [7, 11) is -3.09. The summed E-state index contributed by atoms with van der Waals surface area (Å²) in [6.45, 7) is 1.36. The minimum Gasteiger partial charge on any atom is -0.370 e. The number of hydrogen-bond acceptors (Lipinski definition) is 4. The van der Waals surface area contributed by atoms with E-state index in [1.165, 1.54) is 0 Å². The number of rotatable bonds is 4. The van der Waals surface area contributed by atoms with Crippen molar-refractivity contribution in [1.82, 2.24) is 10.2 Å². The molecule has 22 heavy (non-hydrogen) atoms. The third-order valence-corrected chi connectivity index (χ3v) is 4.64. The van der Waals surface area contributed by atoms with Crippen LogP contribution in [0, 0.1) is 0 Å². The van der Waals surface area contributed by atoms with E-state index in [0.717, 1.165) is 11.8 Å². The third-order valence-electron chi connectivity index (χ3n) is 3.35. The van der Waals surface area contributed by atoms with Gasteiger partial charge in [0.15, 0.2) is 0 Å². The highest BCUT2D eigenvalue weighted by Crippen LogP contribution is 2.28. The Labute approximate surface area is 135 Å². The lowest BCUT2D eigenvalue weighted by Gasteiger charge is -2.33. The normalized spacial score (nSPS) is 19.0. The summed E-state index contributed by atoms with van der Waals surface area (Å²) in [5, 5.41) is 3.22. The van der Waals surface area contributed by atoms with Crippen LogP contribution in [0.4, 0.5) is 4.79 Å². The number of carbonyl (C=O) groups is 1. The molecule has 1 aromatic carbocycles.